The van der Waals surface area contributed by atoms with E-state index in [1.165, 1.54) is 45.3 Å². The second-order valence-corrected chi connectivity index (χ2v) is 5.63. The van der Waals surface area contributed by atoms with E-state index in [0.29, 0.717) is 6.04 Å². The van der Waals surface area contributed by atoms with Crippen LogP contribution >= 0.6 is 0 Å². The van der Waals surface area contributed by atoms with Gasteiger partial charge in [-0.3, -0.25) is 0 Å². The van der Waals surface area contributed by atoms with E-state index in [1.807, 2.05) is 0 Å². The predicted octanol–water partition coefficient (Wildman–Crippen LogP) is 2.74. The average molecular weight is 226 g/mol. The lowest BCUT2D eigenvalue weighted by molar-refractivity contribution is 0.135. The largest absolute Gasteiger partial charge is 0.317 e. The van der Waals surface area contributed by atoms with E-state index in [0.717, 1.165) is 11.8 Å². The first-order valence-corrected chi connectivity index (χ1v) is 7.07. The highest BCUT2D eigenvalue weighted by Gasteiger charge is 2.24. The number of hydrogen-bond donors (Lipinski definition) is 1. The Morgan fingerprint density at radius 2 is 2.12 bits per heavy atom. The number of hydrogen-bond acceptors (Lipinski definition) is 2. The van der Waals surface area contributed by atoms with E-state index in [2.05, 4.69) is 38.0 Å². The Labute approximate surface area is 102 Å². The molecule has 0 aromatic rings. The van der Waals surface area contributed by atoms with Crippen LogP contribution in [-0.2, 0) is 0 Å². The molecule has 1 heterocycles. The van der Waals surface area contributed by atoms with Crippen molar-refractivity contribution < 1.29 is 0 Å². The zero-order valence-electron chi connectivity index (χ0n) is 11.6. The number of nitrogens with zero attached hydrogens (tertiary/aromatic N) is 1. The topological polar surface area (TPSA) is 15.3 Å². The van der Waals surface area contributed by atoms with Crippen molar-refractivity contribution in [2.24, 2.45) is 11.8 Å². The highest BCUT2D eigenvalue weighted by Crippen LogP contribution is 2.21. The lowest BCUT2D eigenvalue weighted by Crippen LogP contribution is -2.44. The summed E-state index contributed by atoms with van der Waals surface area (Å²) in [6.45, 7) is 10.9. The Balaban J connectivity index is 2.32. The summed E-state index contributed by atoms with van der Waals surface area (Å²) < 4.78 is 0. The summed E-state index contributed by atoms with van der Waals surface area (Å²) >= 11 is 0. The summed E-state index contributed by atoms with van der Waals surface area (Å²) in [6, 6.07) is 0.671. The Bertz CT molecular complexity index is 182. The van der Waals surface area contributed by atoms with E-state index < -0.39 is 0 Å². The molecule has 2 nitrogen and oxygen atoms in total. The summed E-state index contributed by atoms with van der Waals surface area (Å²) in [4.78, 5) is 2.68. The van der Waals surface area contributed by atoms with Gasteiger partial charge in [-0.25, -0.2) is 0 Å². The van der Waals surface area contributed by atoms with Gasteiger partial charge < -0.3 is 10.2 Å². The molecule has 1 aliphatic rings. The van der Waals surface area contributed by atoms with Crippen molar-refractivity contribution in [2.45, 2.75) is 52.5 Å². The molecular formula is C14H30N2. The normalized spacial score (nSPS) is 26.6. The molecule has 0 aliphatic carbocycles. The molecule has 1 N–H and O–H groups in total. The number of likely N-dealkylation sites (tertiary alicyclic amines) is 1. The molecule has 0 radical (unpaired) electrons. The molecule has 1 fully saturated rings. The van der Waals surface area contributed by atoms with E-state index in [1.54, 1.807) is 0 Å². The van der Waals surface area contributed by atoms with Crippen LogP contribution in [0.5, 0.6) is 0 Å². The van der Waals surface area contributed by atoms with Crippen molar-refractivity contribution in [2.75, 3.05) is 26.7 Å². The van der Waals surface area contributed by atoms with Crippen LogP contribution in [0, 0.1) is 11.8 Å². The standard InChI is InChI=1S/C14H30N2/c1-5-7-12(2)10-16-9-6-8-14(11-16)13(3)15-4/h12-15H,5-11H2,1-4H3. The third-order valence-corrected chi connectivity index (χ3v) is 4.06. The Hall–Kier alpha value is -0.0800. The Kier molecular flexibility index (Phi) is 6.37. The fraction of sp³-hybridized carbons (Fsp3) is 1.00. The van der Waals surface area contributed by atoms with Crippen molar-refractivity contribution in [3.05, 3.63) is 0 Å². The first kappa shape index (κ1) is 14.0. The van der Waals surface area contributed by atoms with Crippen LogP contribution in [0.4, 0.5) is 0 Å². The molecular weight excluding hydrogens is 196 g/mol. The van der Waals surface area contributed by atoms with Crippen LogP contribution < -0.4 is 5.32 Å². The minimum atomic E-state index is 0.671. The fourth-order valence-electron chi connectivity index (χ4n) is 2.93. The smallest absolute Gasteiger partial charge is 0.00762 e. The van der Waals surface area contributed by atoms with Gasteiger partial charge in [0.1, 0.15) is 0 Å². The number of nitrogens with one attached hydrogen (secondary N) is 1. The fourth-order valence-corrected chi connectivity index (χ4v) is 2.93. The molecule has 0 aromatic heterocycles. The third kappa shape index (κ3) is 4.42. The van der Waals surface area contributed by atoms with Crippen LogP contribution in [0.3, 0.4) is 0 Å². The van der Waals surface area contributed by atoms with Gasteiger partial charge in [-0.2, -0.15) is 0 Å². The van der Waals surface area contributed by atoms with Crippen LogP contribution in [0.15, 0.2) is 0 Å². The molecule has 0 spiro atoms. The van der Waals surface area contributed by atoms with Crippen molar-refractivity contribution >= 4 is 0 Å². The van der Waals surface area contributed by atoms with Crippen LogP contribution in [0.2, 0.25) is 0 Å². The van der Waals surface area contributed by atoms with E-state index in [9.17, 15) is 0 Å². The minimum absolute atomic E-state index is 0.671. The van der Waals surface area contributed by atoms with Crippen LogP contribution in [0.25, 0.3) is 0 Å². The van der Waals surface area contributed by atoms with Crippen molar-refractivity contribution in [3.63, 3.8) is 0 Å². The zero-order valence-corrected chi connectivity index (χ0v) is 11.6. The molecule has 0 saturated carbocycles. The summed E-state index contributed by atoms with van der Waals surface area (Å²) in [5.41, 5.74) is 0. The molecule has 3 atom stereocenters. The predicted molar refractivity (Wildman–Crippen MR) is 71.8 cm³/mol. The maximum absolute atomic E-state index is 3.41. The molecule has 0 amide bonds. The Morgan fingerprint density at radius 3 is 2.75 bits per heavy atom. The summed E-state index contributed by atoms with van der Waals surface area (Å²) in [6.07, 6.45) is 5.49. The van der Waals surface area contributed by atoms with Gasteiger partial charge in [-0.15, -0.1) is 0 Å². The van der Waals surface area contributed by atoms with Gasteiger partial charge >= 0.3 is 0 Å². The maximum atomic E-state index is 3.41. The molecule has 0 bridgehead atoms. The van der Waals surface area contributed by atoms with E-state index in [-0.39, 0.29) is 0 Å². The van der Waals surface area contributed by atoms with Gasteiger partial charge in [-0.05, 0) is 51.6 Å². The van der Waals surface area contributed by atoms with Gasteiger partial charge in [0, 0.05) is 19.1 Å². The molecule has 0 aromatic carbocycles. The number of piperidine rings is 1. The minimum Gasteiger partial charge on any atom is -0.317 e. The second kappa shape index (κ2) is 7.29. The summed E-state index contributed by atoms with van der Waals surface area (Å²) in [5, 5.41) is 3.41. The molecule has 2 heteroatoms. The quantitative estimate of drug-likeness (QED) is 0.749. The van der Waals surface area contributed by atoms with Crippen molar-refractivity contribution in [1.29, 1.82) is 0 Å². The molecule has 16 heavy (non-hydrogen) atoms. The SMILES string of the molecule is CCCC(C)CN1CCCC(C(C)NC)C1. The lowest BCUT2D eigenvalue weighted by Gasteiger charge is -2.37. The first-order valence-electron chi connectivity index (χ1n) is 7.07. The van der Waals surface area contributed by atoms with Gasteiger partial charge in [0.05, 0.1) is 0 Å². The molecule has 3 unspecified atom stereocenters. The highest BCUT2D eigenvalue weighted by atomic mass is 15.1. The van der Waals surface area contributed by atoms with E-state index >= 15 is 0 Å². The summed E-state index contributed by atoms with van der Waals surface area (Å²) in [7, 11) is 2.09. The van der Waals surface area contributed by atoms with Crippen molar-refractivity contribution in [3.8, 4) is 0 Å². The van der Waals surface area contributed by atoms with Gasteiger partial charge in [0.2, 0.25) is 0 Å². The van der Waals surface area contributed by atoms with Crippen LogP contribution in [-0.4, -0.2) is 37.6 Å². The molecule has 1 aliphatic heterocycles. The lowest BCUT2D eigenvalue weighted by atomic mass is 9.91. The van der Waals surface area contributed by atoms with Gasteiger partial charge in [0.15, 0.2) is 0 Å². The highest BCUT2D eigenvalue weighted by molar-refractivity contribution is 4.80. The maximum Gasteiger partial charge on any atom is 0.00762 e. The zero-order chi connectivity index (χ0) is 12.0. The number of rotatable bonds is 6. The summed E-state index contributed by atoms with van der Waals surface area (Å²) in [5.74, 6) is 1.72. The molecule has 1 saturated heterocycles. The first-order chi connectivity index (χ1) is 7.67. The van der Waals surface area contributed by atoms with Crippen LogP contribution in [0.1, 0.15) is 46.5 Å². The Morgan fingerprint density at radius 1 is 1.38 bits per heavy atom. The van der Waals surface area contributed by atoms with Gasteiger partial charge in [-0.1, -0.05) is 20.3 Å². The van der Waals surface area contributed by atoms with Gasteiger partial charge in [0.25, 0.3) is 0 Å². The third-order valence-electron chi connectivity index (χ3n) is 4.06. The second-order valence-electron chi connectivity index (χ2n) is 5.63. The molecule has 1 rings (SSSR count). The monoisotopic (exact) mass is 226 g/mol. The molecule has 96 valence electrons. The van der Waals surface area contributed by atoms with E-state index in [4.69, 9.17) is 0 Å². The van der Waals surface area contributed by atoms with Crippen molar-refractivity contribution in [1.82, 2.24) is 10.2 Å². The average Bonchev–Trinajstić information content (AvgIpc) is 2.28.